The van der Waals surface area contributed by atoms with Crippen LogP contribution in [0.5, 0.6) is 11.5 Å². The van der Waals surface area contributed by atoms with Gasteiger partial charge in [0.25, 0.3) is 5.91 Å². The van der Waals surface area contributed by atoms with Crippen LogP contribution < -0.4 is 14.8 Å². The number of Topliss-reactive ketones (excluding diaryl/α,β-unsaturated/α-hetero) is 2. The maximum atomic E-state index is 14.2. The van der Waals surface area contributed by atoms with Crippen molar-refractivity contribution >= 4 is 39.1 Å². The van der Waals surface area contributed by atoms with Crippen molar-refractivity contribution in [2.75, 3.05) is 19.0 Å². The van der Waals surface area contributed by atoms with Crippen LogP contribution in [0, 0.1) is 10.8 Å². The number of amides is 1. The summed E-state index contributed by atoms with van der Waals surface area (Å²) in [6, 6.07) is 23.2. The van der Waals surface area contributed by atoms with Crippen LogP contribution in [0.3, 0.4) is 0 Å². The third-order valence-electron chi connectivity index (χ3n) is 9.20. The molecule has 0 unspecified atom stereocenters. The van der Waals surface area contributed by atoms with Crippen LogP contribution in [0.4, 0.5) is 5.69 Å². The molecule has 1 heterocycles. The first kappa shape index (κ1) is 32.8. The quantitative estimate of drug-likeness (QED) is 0.255. The molecule has 8 heteroatoms. The Morgan fingerprint density at radius 1 is 0.851 bits per heavy atom. The molecule has 3 aromatic rings. The van der Waals surface area contributed by atoms with Crippen molar-refractivity contribution in [3.63, 3.8) is 0 Å². The molecule has 3 aromatic carbocycles. The van der Waals surface area contributed by atoms with Crippen molar-refractivity contribution < 1.29 is 23.9 Å². The molecular weight excluding hydrogens is 656 g/mol. The Bertz CT molecular complexity index is 1740. The Labute approximate surface area is 285 Å². The fourth-order valence-corrected chi connectivity index (χ4v) is 7.81. The first-order valence-corrected chi connectivity index (χ1v) is 16.8. The van der Waals surface area contributed by atoms with E-state index >= 15 is 0 Å². The Morgan fingerprint density at radius 2 is 1.40 bits per heavy atom. The molecule has 0 atom stereocenters. The minimum absolute atomic E-state index is 0.0662. The Kier molecular flexibility index (Phi) is 8.92. The highest BCUT2D eigenvalue weighted by atomic mass is 79.9. The van der Waals surface area contributed by atoms with Gasteiger partial charge in [0.15, 0.2) is 29.7 Å². The molecule has 0 radical (unpaired) electrons. The van der Waals surface area contributed by atoms with E-state index in [1.807, 2.05) is 60.7 Å². The Morgan fingerprint density at radius 3 is 1.96 bits per heavy atom. The summed E-state index contributed by atoms with van der Waals surface area (Å²) in [6.07, 6.45) is 2.25. The summed E-state index contributed by atoms with van der Waals surface area (Å²) in [5.41, 5.74) is 5.50. The molecule has 1 N–H and O–H groups in total. The largest absolute Gasteiger partial charge is 0.493 e. The summed E-state index contributed by atoms with van der Waals surface area (Å²) < 4.78 is 12.4. The van der Waals surface area contributed by atoms with Crippen LogP contribution in [0.15, 0.2) is 99.8 Å². The Balaban J connectivity index is 1.44. The highest BCUT2D eigenvalue weighted by Crippen LogP contribution is 2.55. The lowest BCUT2D eigenvalue weighted by Gasteiger charge is -2.49. The molecule has 0 bridgehead atoms. The molecule has 244 valence electrons. The number of anilines is 1. The number of rotatable bonds is 8. The third kappa shape index (κ3) is 6.79. The van der Waals surface area contributed by atoms with E-state index in [0.29, 0.717) is 52.2 Å². The number of carbonyl (C=O) groups excluding carboxylic acids is 3. The number of nitrogens with one attached hydrogen (secondary N) is 1. The van der Waals surface area contributed by atoms with E-state index in [9.17, 15) is 14.4 Å². The fraction of sp³-hybridized carbons (Fsp3) is 0.359. The second-order valence-corrected chi connectivity index (χ2v) is 15.2. The molecule has 0 aromatic heterocycles. The number of hydrogen-bond donors (Lipinski definition) is 1. The summed E-state index contributed by atoms with van der Waals surface area (Å²) in [6.45, 7) is 8.93. The van der Waals surface area contributed by atoms with Gasteiger partial charge in [0.2, 0.25) is 0 Å². The van der Waals surface area contributed by atoms with Crippen LogP contribution in [0.2, 0.25) is 0 Å². The molecule has 6 rings (SSSR count). The minimum atomic E-state index is -0.542. The molecule has 0 fully saturated rings. The van der Waals surface area contributed by atoms with Crippen LogP contribution in [-0.4, -0.2) is 36.1 Å². The lowest BCUT2D eigenvalue weighted by Crippen LogP contribution is -2.44. The number of halogens is 1. The van der Waals surface area contributed by atoms with Gasteiger partial charge in [-0.1, -0.05) is 76.2 Å². The van der Waals surface area contributed by atoms with Gasteiger partial charge >= 0.3 is 0 Å². The van der Waals surface area contributed by atoms with Crippen LogP contribution >= 0.6 is 15.9 Å². The lowest BCUT2D eigenvalue weighted by molar-refractivity contribution is -0.120. The molecule has 3 aliphatic rings. The van der Waals surface area contributed by atoms with Gasteiger partial charge in [-0.3, -0.25) is 14.4 Å². The first-order valence-electron chi connectivity index (χ1n) is 16.0. The van der Waals surface area contributed by atoms with Crippen LogP contribution in [-0.2, 0) is 20.9 Å². The smallest absolute Gasteiger partial charge is 0.262 e. The number of para-hydroxylation sites is 1. The van der Waals surface area contributed by atoms with Gasteiger partial charge in [0.1, 0.15) is 0 Å². The van der Waals surface area contributed by atoms with Gasteiger partial charge in [-0.15, -0.1) is 0 Å². The van der Waals surface area contributed by atoms with E-state index in [1.165, 1.54) is 0 Å². The highest BCUT2D eigenvalue weighted by molar-refractivity contribution is 9.10. The van der Waals surface area contributed by atoms with Crippen molar-refractivity contribution in [2.45, 2.75) is 65.8 Å². The van der Waals surface area contributed by atoms with Crippen LogP contribution in [0.25, 0.3) is 0 Å². The normalized spacial score (nSPS) is 18.9. The molecule has 2 aliphatic carbocycles. The molecule has 0 saturated carbocycles. The molecule has 0 saturated heterocycles. The summed E-state index contributed by atoms with van der Waals surface area (Å²) in [7, 11) is 1.54. The van der Waals surface area contributed by atoms with Gasteiger partial charge in [-0.2, -0.15) is 0 Å². The van der Waals surface area contributed by atoms with Crippen molar-refractivity contribution in [1.82, 2.24) is 4.90 Å². The lowest BCUT2D eigenvalue weighted by atomic mass is 9.63. The van der Waals surface area contributed by atoms with Crippen molar-refractivity contribution in [1.29, 1.82) is 0 Å². The second kappa shape index (κ2) is 12.8. The van der Waals surface area contributed by atoms with Gasteiger partial charge in [-0.25, -0.2) is 0 Å². The zero-order valence-corrected chi connectivity index (χ0v) is 29.2. The van der Waals surface area contributed by atoms with E-state index in [1.54, 1.807) is 7.11 Å². The van der Waals surface area contributed by atoms with Gasteiger partial charge in [0.05, 0.1) is 11.6 Å². The first-order chi connectivity index (χ1) is 22.4. The maximum Gasteiger partial charge on any atom is 0.262 e. The monoisotopic (exact) mass is 696 g/mol. The number of methoxy groups -OCH3 is 1. The van der Waals surface area contributed by atoms with Crippen molar-refractivity contribution in [2.24, 2.45) is 10.8 Å². The molecule has 1 amide bonds. The van der Waals surface area contributed by atoms with E-state index in [-0.39, 0.29) is 34.9 Å². The average molecular weight is 698 g/mol. The standard InChI is InChI=1S/C39H41BrN2O5/c1-38(2)18-28-35(30(43)20-38)34(36-29(19-39(3,4)21-31(36)44)42(28)22-24-12-8-6-9-13-24)25-16-27(40)37(32(17-25)46-5)47-23-33(45)41-26-14-10-7-11-15-26/h6-17,34H,18-23H2,1-5H3,(H,41,45). The zero-order chi connectivity index (χ0) is 33.5. The van der Waals surface area contributed by atoms with E-state index in [0.717, 1.165) is 35.4 Å². The minimum Gasteiger partial charge on any atom is -0.493 e. The number of nitrogens with zero attached hydrogens (tertiary/aromatic N) is 1. The van der Waals surface area contributed by atoms with Gasteiger partial charge in [0, 0.05) is 53.5 Å². The number of ether oxygens (including phenoxy) is 2. The van der Waals surface area contributed by atoms with E-state index < -0.39 is 5.92 Å². The fourth-order valence-electron chi connectivity index (χ4n) is 7.24. The predicted octanol–water partition coefficient (Wildman–Crippen LogP) is 8.36. The maximum absolute atomic E-state index is 14.2. The van der Waals surface area contributed by atoms with Gasteiger partial charge < -0.3 is 19.7 Å². The van der Waals surface area contributed by atoms with Gasteiger partial charge in [-0.05, 0) is 75.0 Å². The molecule has 7 nitrogen and oxygen atoms in total. The summed E-state index contributed by atoms with van der Waals surface area (Å²) >= 11 is 3.67. The summed E-state index contributed by atoms with van der Waals surface area (Å²) in [5.74, 6) is 0.0601. The molecular formula is C39H41BrN2O5. The SMILES string of the molecule is COc1cc(C2C3=C(CC(C)(C)CC3=O)N(Cc3ccccc3)C3=C2C(=O)CC(C)(C)C3)cc(Br)c1OCC(=O)Nc1ccccc1. The number of allylic oxidation sites excluding steroid dienone is 4. The average Bonchev–Trinajstić information content (AvgIpc) is 3.00. The summed E-state index contributed by atoms with van der Waals surface area (Å²) in [4.78, 5) is 43.4. The van der Waals surface area contributed by atoms with Crippen molar-refractivity contribution in [3.8, 4) is 11.5 Å². The van der Waals surface area contributed by atoms with E-state index in [4.69, 9.17) is 9.47 Å². The summed E-state index contributed by atoms with van der Waals surface area (Å²) in [5, 5.41) is 2.83. The molecule has 1 aliphatic heterocycles. The van der Waals surface area contributed by atoms with Crippen molar-refractivity contribution in [3.05, 3.63) is 111 Å². The van der Waals surface area contributed by atoms with Crippen LogP contribution in [0.1, 0.15) is 70.4 Å². The topological polar surface area (TPSA) is 84.9 Å². The molecule has 0 spiro atoms. The number of ketones is 2. The third-order valence-corrected chi connectivity index (χ3v) is 9.78. The number of benzene rings is 3. The number of carbonyl (C=O) groups is 3. The zero-order valence-electron chi connectivity index (χ0n) is 27.6. The molecule has 47 heavy (non-hydrogen) atoms. The second-order valence-electron chi connectivity index (χ2n) is 14.3. The number of hydrogen-bond acceptors (Lipinski definition) is 6. The van der Waals surface area contributed by atoms with E-state index in [2.05, 4.69) is 66.0 Å². The Hall–Kier alpha value is -4.17. The highest BCUT2D eigenvalue weighted by Gasteiger charge is 2.49. The predicted molar refractivity (Wildman–Crippen MR) is 186 cm³/mol.